The summed E-state index contributed by atoms with van der Waals surface area (Å²) in [5, 5.41) is 3.18. The second kappa shape index (κ2) is 7.14. The van der Waals surface area contributed by atoms with Crippen LogP contribution in [0.3, 0.4) is 0 Å². The predicted molar refractivity (Wildman–Crippen MR) is 90.7 cm³/mol. The molecule has 0 saturated carbocycles. The van der Waals surface area contributed by atoms with Crippen LogP contribution in [0.25, 0.3) is 11.0 Å². The van der Waals surface area contributed by atoms with Crippen molar-refractivity contribution in [2.45, 2.75) is 27.3 Å². The van der Waals surface area contributed by atoms with E-state index in [1.807, 2.05) is 49.6 Å². The van der Waals surface area contributed by atoms with Gasteiger partial charge in [0.05, 0.1) is 17.6 Å². The minimum absolute atomic E-state index is 0. The number of nitrogens with one attached hydrogen (secondary N) is 1. The van der Waals surface area contributed by atoms with Crippen molar-refractivity contribution in [1.82, 2.24) is 9.55 Å². The Morgan fingerprint density at radius 2 is 2.00 bits per heavy atom. The Bertz CT molecular complexity index is 617. The Balaban J connectivity index is 0.00000220. The molecule has 0 bridgehead atoms. The first-order valence-electron chi connectivity index (χ1n) is 6.72. The zero-order valence-electron chi connectivity index (χ0n) is 12.5. The molecule has 1 heterocycles. The lowest BCUT2D eigenvalue weighted by Gasteiger charge is -2.18. The van der Waals surface area contributed by atoms with E-state index in [1.54, 1.807) is 0 Å². The largest absolute Gasteiger partial charge is 0.354 e. The van der Waals surface area contributed by atoms with Crippen LogP contribution in [0, 0.1) is 5.41 Å². The first kappa shape index (κ1) is 17.8. The molecule has 0 unspecified atom stereocenters. The summed E-state index contributed by atoms with van der Waals surface area (Å²) in [4.78, 5) is 16.8. The molecule has 0 aliphatic heterocycles. The number of carbonyl (C=O) groups is 1. The lowest BCUT2D eigenvalue weighted by molar-refractivity contribution is -0.126. The Kier molecular flexibility index (Phi) is 6.05. The summed E-state index contributed by atoms with van der Waals surface area (Å²) in [6.45, 7) is 6.73. The van der Waals surface area contributed by atoms with Gasteiger partial charge in [0.25, 0.3) is 0 Å². The normalized spacial score (nSPS) is 11.2. The van der Waals surface area contributed by atoms with E-state index in [1.165, 1.54) is 0 Å². The molecule has 2 aromatic rings. The number of imidazole rings is 1. The molecule has 0 saturated heterocycles. The molecule has 0 amide bonds. The predicted octanol–water partition coefficient (Wildman–Crippen LogP) is 3.72. The number of nitrogens with zero attached hydrogens (tertiary/aromatic N) is 2. The molecule has 1 N–H and O–H groups in total. The maximum absolute atomic E-state index is 12.3. The average Bonchev–Trinajstić information content (AvgIpc) is 2.73. The molecule has 0 aliphatic rings. The van der Waals surface area contributed by atoms with E-state index >= 15 is 0 Å². The van der Waals surface area contributed by atoms with Crippen molar-refractivity contribution < 1.29 is 4.79 Å². The van der Waals surface area contributed by atoms with E-state index in [0.717, 1.165) is 11.0 Å². The summed E-state index contributed by atoms with van der Waals surface area (Å²) >= 11 is 5.71. The first-order chi connectivity index (χ1) is 9.43. The van der Waals surface area contributed by atoms with Gasteiger partial charge < -0.3 is 9.88 Å². The Labute approximate surface area is 136 Å². The zero-order chi connectivity index (χ0) is 14.8. The van der Waals surface area contributed by atoms with Crippen LogP contribution in [0.1, 0.15) is 20.8 Å². The fraction of sp³-hybridized carbons (Fsp3) is 0.467. The third-order valence-corrected chi connectivity index (χ3v) is 3.36. The summed E-state index contributed by atoms with van der Waals surface area (Å²) in [6.07, 6.45) is 0. The second-order valence-corrected chi connectivity index (χ2v) is 6.18. The summed E-state index contributed by atoms with van der Waals surface area (Å²) in [5.41, 5.74) is 1.48. The standard InChI is InChI=1S/C15H20ClN3O.ClH/c1-15(2,3)13(20)10-19-12-7-5-4-6-11(12)18-14(19)17-9-8-16;/h4-7H,8-10H2,1-3H3,(H,17,18);1H. The van der Waals surface area contributed by atoms with Crippen molar-refractivity contribution in [3.63, 3.8) is 0 Å². The molecule has 4 nitrogen and oxygen atoms in total. The monoisotopic (exact) mass is 329 g/mol. The molecule has 0 aliphatic carbocycles. The van der Waals surface area contributed by atoms with Gasteiger partial charge in [0.2, 0.25) is 5.95 Å². The van der Waals surface area contributed by atoms with E-state index < -0.39 is 0 Å². The van der Waals surface area contributed by atoms with Crippen LogP contribution in [0.5, 0.6) is 0 Å². The summed E-state index contributed by atoms with van der Waals surface area (Å²) < 4.78 is 1.93. The Morgan fingerprint density at radius 3 is 2.62 bits per heavy atom. The number of alkyl halides is 1. The maximum Gasteiger partial charge on any atom is 0.204 e. The molecular weight excluding hydrogens is 309 g/mol. The number of halogens is 2. The Hall–Kier alpha value is -1.26. The lowest BCUT2D eigenvalue weighted by atomic mass is 9.91. The quantitative estimate of drug-likeness (QED) is 0.850. The molecule has 2 rings (SSSR count). The van der Waals surface area contributed by atoms with Crippen molar-refractivity contribution in [2.75, 3.05) is 17.7 Å². The lowest BCUT2D eigenvalue weighted by Crippen LogP contribution is -2.25. The zero-order valence-corrected chi connectivity index (χ0v) is 14.1. The van der Waals surface area contributed by atoms with Crippen LogP contribution in [0.2, 0.25) is 0 Å². The van der Waals surface area contributed by atoms with Crippen molar-refractivity contribution >= 4 is 46.8 Å². The topological polar surface area (TPSA) is 46.9 Å². The van der Waals surface area contributed by atoms with Crippen LogP contribution >= 0.6 is 24.0 Å². The van der Waals surface area contributed by atoms with E-state index in [-0.39, 0.29) is 23.6 Å². The fourth-order valence-corrected chi connectivity index (χ4v) is 2.00. The van der Waals surface area contributed by atoms with Gasteiger partial charge in [-0.3, -0.25) is 4.79 Å². The molecule has 1 aromatic heterocycles. The number of benzene rings is 1. The van der Waals surface area contributed by atoms with E-state index in [2.05, 4.69) is 10.3 Å². The molecule has 0 fully saturated rings. The van der Waals surface area contributed by atoms with Crippen molar-refractivity contribution in [2.24, 2.45) is 5.41 Å². The third kappa shape index (κ3) is 4.11. The SMILES string of the molecule is CC(C)(C)C(=O)Cn1c(NCCCl)nc2ccccc21.Cl. The minimum Gasteiger partial charge on any atom is -0.354 e. The van der Waals surface area contributed by atoms with Gasteiger partial charge in [0.15, 0.2) is 5.78 Å². The van der Waals surface area contributed by atoms with Crippen LogP contribution in [0.15, 0.2) is 24.3 Å². The third-order valence-electron chi connectivity index (χ3n) is 3.17. The van der Waals surface area contributed by atoms with Gasteiger partial charge in [-0.2, -0.15) is 0 Å². The molecule has 0 radical (unpaired) electrons. The smallest absolute Gasteiger partial charge is 0.204 e. The number of carbonyl (C=O) groups excluding carboxylic acids is 1. The molecule has 6 heteroatoms. The van der Waals surface area contributed by atoms with Gasteiger partial charge in [-0.1, -0.05) is 32.9 Å². The van der Waals surface area contributed by atoms with Gasteiger partial charge in [-0.15, -0.1) is 24.0 Å². The van der Waals surface area contributed by atoms with Crippen LogP contribution in [-0.4, -0.2) is 27.8 Å². The molecule has 1 aromatic carbocycles. The first-order valence-corrected chi connectivity index (χ1v) is 7.25. The molecule has 116 valence electrons. The van der Waals surface area contributed by atoms with Gasteiger partial charge >= 0.3 is 0 Å². The summed E-state index contributed by atoms with van der Waals surface area (Å²) in [6, 6.07) is 7.81. The number of para-hydroxylation sites is 2. The van der Waals surface area contributed by atoms with Crippen LogP contribution in [-0.2, 0) is 11.3 Å². The molecular formula is C15H21Cl2N3O. The summed E-state index contributed by atoms with van der Waals surface area (Å²) in [7, 11) is 0. The van der Waals surface area contributed by atoms with Crippen LogP contribution in [0.4, 0.5) is 5.95 Å². The van der Waals surface area contributed by atoms with Crippen LogP contribution < -0.4 is 5.32 Å². The number of Topliss-reactive ketones (excluding diaryl/α,β-unsaturated/α-hetero) is 1. The fourth-order valence-electron chi connectivity index (χ4n) is 1.91. The van der Waals surface area contributed by atoms with Gasteiger partial charge in [0, 0.05) is 17.8 Å². The van der Waals surface area contributed by atoms with Crippen molar-refractivity contribution in [1.29, 1.82) is 0 Å². The average molecular weight is 330 g/mol. The molecule has 0 spiro atoms. The number of aromatic nitrogens is 2. The Morgan fingerprint density at radius 1 is 1.33 bits per heavy atom. The highest BCUT2D eigenvalue weighted by molar-refractivity contribution is 6.18. The highest BCUT2D eigenvalue weighted by Gasteiger charge is 2.23. The van der Waals surface area contributed by atoms with Crippen molar-refractivity contribution in [3.8, 4) is 0 Å². The maximum atomic E-state index is 12.3. The number of anilines is 1. The minimum atomic E-state index is -0.366. The molecule has 21 heavy (non-hydrogen) atoms. The second-order valence-electron chi connectivity index (χ2n) is 5.80. The van der Waals surface area contributed by atoms with E-state index in [9.17, 15) is 4.79 Å². The number of fused-ring (bicyclic) bond motifs is 1. The van der Waals surface area contributed by atoms with E-state index in [4.69, 9.17) is 11.6 Å². The number of hydrogen-bond donors (Lipinski definition) is 1. The van der Waals surface area contributed by atoms with Gasteiger partial charge in [-0.05, 0) is 12.1 Å². The highest BCUT2D eigenvalue weighted by atomic mass is 35.5. The van der Waals surface area contributed by atoms with E-state index in [0.29, 0.717) is 24.9 Å². The summed E-state index contributed by atoms with van der Waals surface area (Å²) in [5.74, 6) is 1.37. The molecule has 0 atom stereocenters. The van der Waals surface area contributed by atoms with Gasteiger partial charge in [-0.25, -0.2) is 4.98 Å². The van der Waals surface area contributed by atoms with Gasteiger partial charge in [0.1, 0.15) is 0 Å². The number of rotatable bonds is 5. The number of hydrogen-bond acceptors (Lipinski definition) is 3. The number of ketones is 1. The van der Waals surface area contributed by atoms with Crippen molar-refractivity contribution in [3.05, 3.63) is 24.3 Å². The highest BCUT2D eigenvalue weighted by Crippen LogP contribution is 2.22.